The van der Waals surface area contributed by atoms with Gasteiger partial charge in [0, 0.05) is 32.1 Å². The molecule has 1 saturated carbocycles. The van der Waals surface area contributed by atoms with Gasteiger partial charge in [-0.05, 0) is 51.6 Å². The van der Waals surface area contributed by atoms with Gasteiger partial charge in [-0.2, -0.15) is 0 Å². The molecule has 2 fully saturated rings. The Labute approximate surface area is 175 Å². The minimum atomic E-state index is 0.308. The third-order valence-electron chi connectivity index (χ3n) is 7.22. The number of nitrogens with one attached hydrogen (secondary N) is 2. The monoisotopic (exact) mass is 401 g/mol. The zero-order valence-electron chi connectivity index (χ0n) is 18.3. The predicted octanol–water partition coefficient (Wildman–Crippen LogP) is 2.86. The van der Waals surface area contributed by atoms with Crippen molar-refractivity contribution in [1.82, 2.24) is 30.3 Å². The maximum Gasteiger partial charge on any atom is 0.191 e. The Morgan fingerprint density at radius 2 is 1.62 bits per heavy atom. The molecule has 0 bridgehead atoms. The van der Waals surface area contributed by atoms with Gasteiger partial charge < -0.3 is 15.2 Å². The first-order valence-electron chi connectivity index (χ1n) is 11.9. The number of piperidine rings is 1. The zero-order chi connectivity index (χ0) is 19.9. The second-order valence-corrected chi connectivity index (χ2v) is 9.11. The quantitative estimate of drug-likeness (QED) is 0.586. The van der Waals surface area contributed by atoms with Gasteiger partial charge in [0.25, 0.3) is 0 Å². The molecule has 29 heavy (non-hydrogen) atoms. The molecular weight excluding hydrogens is 362 g/mol. The maximum absolute atomic E-state index is 4.50. The van der Waals surface area contributed by atoms with E-state index in [9.17, 15) is 0 Å². The summed E-state index contributed by atoms with van der Waals surface area (Å²) < 4.78 is 2.31. The second kappa shape index (κ2) is 9.92. The second-order valence-electron chi connectivity index (χ2n) is 9.11. The number of nitrogens with zero attached hydrogens (tertiary/aromatic N) is 5. The molecule has 162 valence electrons. The average molecular weight is 402 g/mol. The molecule has 3 heterocycles. The highest BCUT2D eigenvalue weighted by molar-refractivity contribution is 5.79. The molecule has 0 atom stereocenters. The van der Waals surface area contributed by atoms with Gasteiger partial charge in [0.2, 0.25) is 0 Å². The molecule has 0 aromatic carbocycles. The predicted molar refractivity (Wildman–Crippen MR) is 117 cm³/mol. The lowest BCUT2D eigenvalue weighted by Gasteiger charge is -2.48. The molecule has 4 rings (SSSR count). The lowest BCUT2D eigenvalue weighted by atomic mass is 9.79. The summed E-state index contributed by atoms with van der Waals surface area (Å²) in [4.78, 5) is 7.28. The number of hydrogen-bond donors (Lipinski definition) is 2. The van der Waals surface area contributed by atoms with Crippen LogP contribution in [-0.4, -0.2) is 57.8 Å². The van der Waals surface area contributed by atoms with Crippen molar-refractivity contribution in [3.05, 3.63) is 11.6 Å². The summed E-state index contributed by atoms with van der Waals surface area (Å²) in [7, 11) is 1.87. The summed E-state index contributed by atoms with van der Waals surface area (Å²) in [6.45, 7) is 5.25. The molecule has 0 unspecified atom stereocenters. The van der Waals surface area contributed by atoms with Gasteiger partial charge in [0.05, 0.1) is 6.54 Å². The molecule has 7 heteroatoms. The molecule has 2 aliphatic heterocycles. The van der Waals surface area contributed by atoms with Crippen LogP contribution in [0.1, 0.15) is 82.3 Å². The van der Waals surface area contributed by atoms with Crippen molar-refractivity contribution in [3.8, 4) is 0 Å². The molecule has 1 aromatic heterocycles. The minimum absolute atomic E-state index is 0.308. The largest absolute Gasteiger partial charge is 0.355 e. The van der Waals surface area contributed by atoms with Crippen molar-refractivity contribution in [2.24, 2.45) is 4.99 Å². The van der Waals surface area contributed by atoms with Crippen LogP contribution in [0.25, 0.3) is 0 Å². The number of likely N-dealkylation sites (tertiary alicyclic amines) is 1. The smallest absolute Gasteiger partial charge is 0.191 e. The minimum Gasteiger partial charge on any atom is -0.355 e. The lowest BCUT2D eigenvalue weighted by molar-refractivity contribution is 0.0368. The normalized spacial score (nSPS) is 23.3. The molecule has 1 aliphatic carbocycles. The van der Waals surface area contributed by atoms with E-state index in [1.165, 1.54) is 83.7 Å². The highest BCUT2D eigenvalue weighted by Gasteiger charge is 2.38. The molecular formula is C22H39N7. The van der Waals surface area contributed by atoms with E-state index >= 15 is 0 Å². The van der Waals surface area contributed by atoms with Crippen LogP contribution in [0.15, 0.2) is 4.99 Å². The highest BCUT2D eigenvalue weighted by Crippen LogP contribution is 2.35. The molecule has 7 nitrogen and oxygen atoms in total. The fraction of sp³-hybridized carbons (Fsp3) is 0.864. The Morgan fingerprint density at radius 1 is 0.897 bits per heavy atom. The van der Waals surface area contributed by atoms with E-state index in [0.29, 0.717) is 12.1 Å². The number of aromatic nitrogens is 3. The van der Waals surface area contributed by atoms with Crippen LogP contribution in [0.4, 0.5) is 0 Å². The Bertz CT molecular complexity index is 669. The van der Waals surface area contributed by atoms with Crippen molar-refractivity contribution >= 4 is 5.96 Å². The van der Waals surface area contributed by atoms with Crippen molar-refractivity contribution < 1.29 is 0 Å². The van der Waals surface area contributed by atoms with Crippen molar-refractivity contribution in [2.75, 3.05) is 26.7 Å². The lowest BCUT2D eigenvalue weighted by Crippen LogP contribution is -2.59. The number of hydrogen-bond acceptors (Lipinski definition) is 4. The van der Waals surface area contributed by atoms with E-state index in [1.54, 1.807) is 0 Å². The fourth-order valence-electron chi connectivity index (χ4n) is 5.49. The summed E-state index contributed by atoms with van der Waals surface area (Å²) in [5.41, 5.74) is 0.308. The van der Waals surface area contributed by atoms with Gasteiger partial charge in [-0.3, -0.25) is 9.89 Å². The first kappa shape index (κ1) is 20.6. The zero-order valence-corrected chi connectivity index (χ0v) is 18.3. The average Bonchev–Trinajstić information content (AvgIpc) is 3.01. The molecule has 1 aromatic rings. The first-order chi connectivity index (χ1) is 14.3. The van der Waals surface area contributed by atoms with Gasteiger partial charge in [0.15, 0.2) is 11.8 Å². The van der Waals surface area contributed by atoms with Gasteiger partial charge in [-0.25, -0.2) is 0 Å². The summed E-state index contributed by atoms with van der Waals surface area (Å²) in [5.74, 6) is 3.07. The summed E-state index contributed by atoms with van der Waals surface area (Å²) in [5, 5.41) is 16.0. The Kier molecular flexibility index (Phi) is 7.06. The Hall–Kier alpha value is -1.63. The van der Waals surface area contributed by atoms with Crippen LogP contribution in [0, 0.1) is 0 Å². The van der Waals surface area contributed by atoms with E-state index in [0.717, 1.165) is 37.1 Å². The fourth-order valence-corrected chi connectivity index (χ4v) is 5.49. The number of rotatable bonds is 5. The third kappa shape index (κ3) is 4.93. The molecule has 0 spiro atoms. The molecule has 0 amide bonds. The van der Waals surface area contributed by atoms with Crippen LogP contribution in [0.2, 0.25) is 0 Å². The summed E-state index contributed by atoms with van der Waals surface area (Å²) in [6, 6.07) is 0. The molecule has 2 N–H and O–H groups in total. The van der Waals surface area contributed by atoms with Crippen LogP contribution >= 0.6 is 0 Å². The highest BCUT2D eigenvalue weighted by atomic mass is 15.3. The summed E-state index contributed by atoms with van der Waals surface area (Å²) >= 11 is 0. The maximum atomic E-state index is 4.50. The number of aryl methyl sites for hydroxylation is 1. The van der Waals surface area contributed by atoms with Crippen molar-refractivity contribution in [2.45, 2.75) is 95.7 Å². The number of aliphatic imine (C=N–C) groups is 1. The SMILES string of the molecule is CN=C(NCc1nnc2n1CCCCC2)NCC1(N2CCCCC2)CCCCC1. The van der Waals surface area contributed by atoms with E-state index in [2.05, 4.69) is 35.3 Å². The molecule has 1 saturated heterocycles. The van der Waals surface area contributed by atoms with Gasteiger partial charge in [0.1, 0.15) is 5.82 Å². The number of fused-ring (bicyclic) bond motifs is 1. The van der Waals surface area contributed by atoms with Gasteiger partial charge >= 0.3 is 0 Å². The van der Waals surface area contributed by atoms with Gasteiger partial charge in [-0.1, -0.05) is 32.1 Å². The molecule has 0 radical (unpaired) electrons. The van der Waals surface area contributed by atoms with E-state index in [-0.39, 0.29) is 0 Å². The summed E-state index contributed by atoms with van der Waals surface area (Å²) in [6.07, 6.45) is 15.6. The topological polar surface area (TPSA) is 70.4 Å². The number of guanidine groups is 1. The Morgan fingerprint density at radius 3 is 2.41 bits per heavy atom. The van der Waals surface area contributed by atoms with E-state index in [4.69, 9.17) is 0 Å². The van der Waals surface area contributed by atoms with Crippen LogP contribution in [-0.2, 0) is 19.5 Å². The van der Waals surface area contributed by atoms with Crippen LogP contribution < -0.4 is 10.6 Å². The van der Waals surface area contributed by atoms with E-state index in [1.807, 2.05) is 7.05 Å². The van der Waals surface area contributed by atoms with E-state index < -0.39 is 0 Å². The Balaban J connectivity index is 1.35. The van der Waals surface area contributed by atoms with Crippen LogP contribution in [0.3, 0.4) is 0 Å². The van der Waals surface area contributed by atoms with Crippen molar-refractivity contribution in [3.63, 3.8) is 0 Å². The van der Waals surface area contributed by atoms with Crippen LogP contribution in [0.5, 0.6) is 0 Å². The molecule has 3 aliphatic rings. The van der Waals surface area contributed by atoms with Gasteiger partial charge in [-0.15, -0.1) is 10.2 Å². The third-order valence-corrected chi connectivity index (χ3v) is 7.22. The van der Waals surface area contributed by atoms with Crippen molar-refractivity contribution in [1.29, 1.82) is 0 Å². The standard InChI is InChI=1S/C22H39N7/c1-23-21(24-17-20-27-26-19-11-5-2-10-16-29(19)20)25-18-22(12-6-3-7-13-22)28-14-8-4-9-15-28/h2-18H2,1H3,(H2,23,24,25). The first-order valence-corrected chi connectivity index (χ1v) is 11.9.